The summed E-state index contributed by atoms with van der Waals surface area (Å²) < 4.78 is 26.3. The van der Waals surface area contributed by atoms with Crippen molar-refractivity contribution in [2.24, 2.45) is 0 Å². The molecule has 0 aromatic heterocycles. The zero-order valence-corrected chi connectivity index (χ0v) is 15.4. The normalized spacial score (nSPS) is 24.5. The van der Waals surface area contributed by atoms with Crippen molar-refractivity contribution in [2.45, 2.75) is 45.4 Å². The van der Waals surface area contributed by atoms with Crippen molar-refractivity contribution in [1.82, 2.24) is 9.80 Å². The quantitative estimate of drug-likeness (QED) is 0.788. The number of benzene rings is 1. The fraction of sp³-hybridized carbons (Fsp3) is 0.667. The Morgan fingerprint density at radius 2 is 1.58 bits per heavy atom. The van der Waals surface area contributed by atoms with Gasteiger partial charge in [0, 0.05) is 32.7 Å². The highest BCUT2D eigenvalue weighted by molar-refractivity contribution is 6.62. The molecule has 1 aromatic carbocycles. The summed E-state index contributed by atoms with van der Waals surface area (Å²) in [6.45, 7) is 12.9. The van der Waals surface area contributed by atoms with Crippen molar-refractivity contribution in [3.05, 3.63) is 29.6 Å². The third-order valence-electron chi connectivity index (χ3n) is 5.51. The van der Waals surface area contributed by atoms with Crippen LogP contribution in [0.1, 0.15) is 33.3 Å². The number of hydrogen-bond acceptors (Lipinski definition) is 4. The van der Waals surface area contributed by atoms with Gasteiger partial charge in [0.1, 0.15) is 5.82 Å². The Labute approximate surface area is 145 Å². The predicted octanol–water partition coefficient (Wildman–Crippen LogP) is 1.87. The van der Waals surface area contributed by atoms with Gasteiger partial charge in [-0.05, 0) is 57.9 Å². The van der Waals surface area contributed by atoms with Gasteiger partial charge in [0.05, 0.1) is 11.2 Å². The highest BCUT2D eigenvalue weighted by atomic mass is 19.1. The zero-order chi connectivity index (χ0) is 17.5. The average Bonchev–Trinajstić information content (AvgIpc) is 2.69. The lowest BCUT2D eigenvalue weighted by Crippen LogP contribution is -2.44. The molecule has 0 unspecified atom stereocenters. The summed E-state index contributed by atoms with van der Waals surface area (Å²) in [5.74, 6) is -0.230. The molecule has 132 valence electrons. The van der Waals surface area contributed by atoms with E-state index in [9.17, 15) is 4.39 Å². The summed E-state index contributed by atoms with van der Waals surface area (Å²) in [7, 11) is 1.62. The van der Waals surface area contributed by atoms with Crippen LogP contribution >= 0.6 is 0 Å². The van der Waals surface area contributed by atoms with Gasteiger partial charge in [0.2, 0.25) is 0 Å². The Kier molecular flexibility index (Phi) is 4.77. The molecule has 2 aliphatic heterocycles. The lowest BCUT2D eigenvalue weighted by atomic mass is 9.78. The Bertz CT molecular complexity index is 585. The molecule has 6 heteroatoms. The van der Waals surface area contributed by atoms with Crippen LogP contribution in [0.3, 0.4) is 0 Å². The molecule has 0 spiro atoms. The Morgan fingerprint density at radius 3 is 2.17 bits per heavy atom. The minimum atomic E-state index is -0.517. The van der Waals surface area contributed by atoms with Crippen LogP contribution in [0.5, 0.6) is 0 Å². The van der Waals surface area contributed by atoms with Crippen LogP contribution in [-0.4, -0.2) is 61.3 Å². The molecule has 0 saturated carbocycles. The summed E-state index contributed by atoms with van der Waals surface area (Å²) in [4.78, 5) is 4.68. The largest absolute Gasteiger partial charge is 0.494 e. The predicted molar refractivity (Wildman–Crippen MR) is 94.9 cm³/mol. The number of nitrogens with zero attached hydrogens (tertiary/aromatic N) is 2. The average molecular weight is 334 g/mol. The monoisotopic (exact) mass is 334 g/mol. The Balaban J connectivity index is 1.75. The maximum atomic E-state index is 14.1. The van der Waals surface area contributed by atoms with E-state index in [1.165, 1.54) is 6.07 Å². The van der Waals surface area contributed by atoms with E-state index in [0.29, 0.717) is 0 Å². The van der Waals surface area contributed by atoms with Crippen LogP contribution in [0.25, 0.3) is 0 Å². The SMILES string of the molecule is CN1CCN(Cc2cc(F)cc(B3OC(C)(C)C(C)(C)O3)c2)CC1. The van der Waals surface area contributed by atoms with Crippen LogP contribution in [0, 0.1) is 5.82 Å². The van der Waals surface area contributed by atoms with Gasteiger partial charge in [-0.2, -0.15) is 0 Å². The number of hydrogen-bond donors (Lipinski definition) is 0. The van der Waals surface area contributed by atoms with Crippen molar-refractivity contribution < 1.29 is 13.7 Å². The van der Waals surface area contributed by atoms with E-state index in [4.69, 9.17) is 9.31 Å². The van der Waals surface area contributed by atoms with Crippen molar-refractivity contribution in [3.63, 3.8) is 0 Å². The summed E-state index contributed by atoms with van der Waals surface area (Å²) in [6.07, 6.45) is 0. The molecule has 0 radical (unpaired) electrons. The molecule has 2 aliphatic rings. The molecule has 24 heavy (non-hydrogen) atoms. The molecule has 0 atom stereocenters. The first kappa shape index (κ1) is 17.9. The number of rotatable bonds is 3. The molecular formula is C18H28BFN2O2. The fourth-order valence-corrected chi connectivity index (χ4v) is 3.15. The second-order valence-corrected chi connectivity index (χ2v) is 8.06. The summed E-state index contributed by atoms with van der Waals surface area (Å²) in [5.41, 5.74) is 0.908. The standard InChI is InChI=1S/C18H28BFN2O2/c1-17(2)18(3,4)24-19(23-17)15-10-14(11-16(20)12-15)13-22-8-6-21(5)7-9-22/h10-12H,6-9,13H2,1-5H3. The topological polar surface area (TPSA) is 24.9 Å². The maximum absolute atomic E-state index is 14.1. The molecule has 0 N–H and O–H groups in total. The molecule has 2 saturated heterocycles. The summed E-state index contributed by atoms with van der Waals surface area (Å²) >= 11 is 0. The third kappa shape index (κ3) is 3.67. The minimum absolute atomic E-state index is 0.230. The molecule has 2 fully saturated rings. The zero-order valence-electron chi connectivity index (χ0n) is 15.4. The molecule has 4 nitrogen and oxygen atoms in total. The highest BCUT2D eigenvalue weighted by Gasteiger charge is 2.51. The molecule has 2 heterocycles. The van der Waals surface area contributed by atoms with Gasteiger partial charge in [-0.15, -0.1) is 0 Å². The van der Waals surface area contributed by atoms with Crippen molar-refractivity contribution >= 4 is 12.6 Å². The summed E-state index contributed by atoms with van der Waals surface area (Å²) in [6, 6.07) is 5.16. The second-order valence-electron chi connectivity index (χ2n) is 8.06. The maximum Gasteiger partial charge on any atom is 0.494 e. The van der Waals surface area contributed by atoms with Gasteiger partial charge < -0.3 is 14.2 Å². The van der Waals surface area contributed by atoms with Crippen LogP contribution in [0.2, 0.25) is 0 Å². The Hall–Kier alpha value is -0.945. The van der Waals surface area contributed by atoms with E-state index in [0.717, 1.165) is 43.8 Å². The van der Waals surface area contributed by atoms with Crippen molar-refractivity contribution in [1.29, 1.82) is 0 Å². The van der Waals surface area contributed by atoms with Gasteiger partial charge in [0.25, 0.3) is 0 Å². The van der Waals surface area contributed by atoms with Crippen LogP contribution in [-0.2, 0) is 15.9 Å². The molecule has 3 rings (SSSR count). The van der Waals surface area contributed by atoms with Crippen molar-refractivity contribution in [2.75, 3.05) is 33.2 Å². The lowest BCUT2D eigenvalue weighted by molar-refractivity contribution is 0.00578. The molecule has 1 aromatic rings. The fourth-order valence-electron chi connectivity index (χ4n) is 3.15. The van der Waals surface area contributed by atoms with E-state index in [1.54, 1.807) is 6.07 Å². The van der Waals surface area contributed by atoms with E-state index in [-0.39, 0.29) is 5.82 Å². The first-order valence-electron chi connectivity index (χ1n) is 8.72. The van der Waals surface area contributed by atoms with Gasteiger partial charge in [-0.25, -0.2) is 4.39 Å². The first-order chi connectivity index (χ1) is 11.2. The molecule has 0 bridgehead atoms. The van der Waals surface area contributed by atoms with Crippen molar-refractivity contribution in [3.8, 4) is 0 Å². The van der Waals surface area contributed by atoms with E-state index in [1.807, 2.05) is 33.8 Å². The number of piperazine rings is 1. The van der Waals surface area contributed by atoms with E-state index >= 15 is 0 Å². The van der Waals surface area contributed by atoms with Gasteiger partial charge in [0.15, 0.2) is 0 Å². The summed E-state index contributed by atoms with van der Waals surface area (Å²) in [5, 5.41) is 0. The van der Waals surface area contributed by atoms with E-state index < -0.39 is 18.3 Å². The van der Waals surface area contributed by atoms with Crippen LogP contribution < -0.4 is 5.46 Å². The lowest BCUT2D eigenvalue weighted by Gasteiger charge is -2.32. The van der Waals surface area contributed by atoms with Crippen LogP contribution in [0.15, 0.2) is 18.2 Å². The number of halogens is 1. The Morgan fingerprint density at radius 1 is 1.00 bits per heavy atom. The molecule has 0 amide bonds. The second kappa shape index (κ2) is 6.41. The smallest absolute Gasteiger partial charge is 0.399 e. The molecule has 0 aliphatic carbocycles. The van der Waals surface area contributed by atoms with E-state index in [2.05, 4.69) is 16.8 Å². The van der Waals surface area contributed by atoms with Crippen LogP contribution in [0.4, 0.5) is 4.39 Å². The highest BCUT2D eigenvalue weighted by Crippen LogP contribution is 2.36. The first-order valence-corrected chi connectivity index (χ1v) is 8.72. The number of likely N-dealkylation sites (N-methyl/N-ethyl adjacent to an activating group) is 1. The molecular weight excluding hydrogens is 306 g/mol. The third-order valence-corrected chi connectivity index (χ3v) is 5.51. The van der Waals surface area contributed by atoms with Gasteiger partial charge >= 0.3 is 7.12 Å². The van der Waals surface area contributed by atoms with Gasteiger partial charge in [-0.1, -0.05) is 6.07 Å². The van der Waals surface area contributed by atoms with Gasteiger partial charge in [-0.3, -0.25) is 4.90 Å². The minimum Gasteiger partial charge on any atom is -0.399 e.